The molecule has 130 valence electrons. The maximum atomic E-state index is 12.6. The molecular formula is C16H19F3N4O. The van der Waals surface area contributed by atoms with E-state index in [1.165, 1.54) is 16.9 Å². The van der Waals surface area contributed by atoms with Crippen LogP contribution in [0.2, 0.25) is 0 Å². The van der Waals surface area contributed by atoms with Crippen LogP contribution < -0.4 is 5.32 Å². The molecule has 2 aromatic rings. The summed E-state index contributed by atoms with van der Waals surface area (Å²) in [5.41, 5.74) is 0.0607. The van der Waals surface area contributed by atoms with Crippen molar-refractivity contribution in [1.82, 2.24) is 20.1 Å². The molecular weight excluding hydrogens is 321 g/mol. The number of halogens is 3. The molecule has 2 rings (SSSR count). The molecule has 2 aromatic heterocycles. The Bertz CT molecular complexity index is 707. The molecule has 5 nitrogen and oxygen atoms in total. The molecule has 24 heavy (non-hydrogen) atoms. The Hall–Kier alpha value is -2.38. The van der Waals surface area contributed by atoms with Gasteiger partial charge in [-0.2, -0.15) is 18.3 Å². The van der Waals surface area contributed by atoms with Gasteiger partial charge in [0.2, 0.25) is 0 Å². The summed E-state index contributed by atoms with van der Waals surface area (Å²) in [4.78, 5) is 16.0. The molecule has 0 aliphatic heterocycles. The van der Waals surface area contributed by atoms with Gasteiger partial charge in [0.05, 0.1) is 23.0 Å². The Kier molecular flexibility index (Phi) is 5.26. The summed E-state index contributed by atoms with van der Waals surface area (Å²) in [6, 6.07) is 2.20. The average Bonchev–Trinajstić information content (AvgIpc) is 2.88. The highest BCUT2D eigenvalue weighted by Crippen LogP contribution is 2.28. The van der Waals surface area contributed by atoms with E-state index >= 15 is 0 Å². The van der Waals surface area contributed by atoms with Crippen molar-refractivity contribution in [1.29, 1.82) is 0 Å². The maximum Gasteiger partial charge on any atom is 0.417 e. The van der Waals surface area contributed by atoms with Crippen LogP contribution in [0.3, 0.4) is 0 Å². The van der Waals surface area contributed by atoms with Gasteiger partial charge in [0.15, 0.2) is 5.82 Å². The van der Waals surface area contributed by atoms with E-state index < -0.39 is 11.7 Å². The van der Waals surface area contributed by atoms with Crippen LogP contribution in [-0.4, -0.2) is 26.7 Å². The highest BCUT2D eigenvalue weighted by Gasteiger charge is 2.30. The number of pyridine rings is 1. The molecule has 1 N–H and O–H groups in total. The topological polar surface area (TPSA) is 59.8 Å². The lowest BCUT2D eigenvalue weighted by Crippen LogP contribution is -2.32. The standard InChI is InChI=1S/C16H19F3N4O/c1-4-5-10(2)22-15(24)13-9-21-23(11(13)3)14-7-6-12(8-20-14)16(17,18)19/h6-10H,4-5H2,1-3H3,(H,22,24). The Morgan fingerprint density at radius 1 is 1.33 bits per heavy atom. The zero-order valence-electron chi connectivity index (χ0n) is 13.7. The van der Waals surface area contributed by atoms with Gasteiger partial charge in [-0.3, -0.25) is 4.79 Å². The van der Waals surface area contributed by atoms with Crippen molar-refractivity contribution in [3.8, 4) is 5.82 Å². The average molecular weight is 340 g/mol. The summed E-state index contributed by atoms with van der Waals surface area (Å²) in [6.45, 7) is 5.62. The number of hydrogen-bond donors (Lipinski definition) is 1. The van der Waals surface area contributed by atoms with Crippen molar-refractivity contribution in [3.63, 3.8) is 0 Å². The van der Waals surface area contributed by atoms with Gasteiger partial charge in [-0.25, -0.2) is 9.67 Å². The molecule has 0 aliphatic carbocycles. The van der Waals surface area contributed by atoms with Crippen molar-refractivity contribution in [2.45, 2.75) is 45.8 Å². The van der Waals surface area contributed by atoms with Gasteiger partial charge in [0.25, 0.3) is 5.91 Å². The first-order chi connectivity index (χ1) is 11.2. The zero-order valence-corrected chi connectivity index (χ0v) is 13.7. The number of carbonyl (C=O) groups is 1. The van der Waals surface area contributed by atoms with Crippen molar-refractivity contribution >= 4 is 5.91 Å². The Labute approximate surface area is 137 Å². The van der Waals surface area contributed by atoms with Crippen LogP contribution in [0.4, 0.5) is 13.2 Å². The minimum Gasteiger partial charge on any atom is -0.349 e. The monoisotopic (exact) mass is 340 g/mol. The molecule has 1 amide bonds. The number of alkyl halides is 3. The van der Waals surface area contributed by atoms with Gasteiger partial charge in [-0.15, -0.1) is 0 Å². The quantitative estimate of drug-likeness (QED) is 0.906. The first-order valence-corrected chi connectivity index (χ1v) is 7.63. The fourth-order valence-corrected chi connectivity index (χ4v) is 2.35. The van der Waals surface area contributed by atoms with Gasteiger partial charge in [0.1, 0.15) is 0 Å². The smallest absolute Gasteiger partial charge is 0.349 e. The second-order valence-corrected chi connectivity index (χ2v) is 5.62. The normalized spacial score (nSPS) is 12.9. The molecule has 1 unspecified atom stereocenters. The first-order valence-electron chi connectivity index (χ1n) is 7.63. The Balaban J connectivity index is 2.22. The number of rotatable bonds is 5. The van der Waals surface area contributed by atoms with Crippen LogP contribution in [-0.2, 0) is 6.18 Å². The third-order valence-corrected chi connectivity index (χ3v) is 3.65. The summed E-state index contributed by atoms with van der Waals surface area (Å²) in [5, 5.41) is 6.93. The Morgan fingerprint density at radius 2 is 2.04 bits per heavy atom. The molecule has 2 heterocycles. The molecule has 0 saturated heterocycles. The summed E-state index contributed by atoms with van der Waals surface area (Å²) in [5.74, 6) is -0.0345. The molecule has 0 radical (unpaired) electrons. The number of nitrogens with zero attached hydrogens (tertiary/aromatic N) is 3. The second kappa shape index (κ2) is 7.02. The summed E-state index contributed by atoms with van der Waals surface area (Å²) >= 11 is 0. The van der Waals surface area contributed by atoms with Gasteiger partial charge < -0.3 is 5.32 Å². The molecule has 0 fully saturated rings. The molecule has 8 heteroatoms. The van der Waals surface area contributed by atoms with Crippen LogP contribution in [0.15, 0.2) is 24.5 Å². The fourth-order valence-electron chi connectivity index (χ4n) is 2.35. The summed E-state index contributed by atoms with van der Waals surface area (Å²) in [7, 11) is 0. The first kappa shape index (κ1) is 18.0. The zero-order chi connectivity index (χ0) is 17.9. The molecule has 0 spiro atoms. The van der Waals surface area contributed by atoms with Gasteiger partial charge in [-0.1, -0.05) is 13.3 Å². The largest absolute Gasteiger partial charge is 0.417 e. The highest BCUT2D eigenvalue weighted by atomic mass is 19.4. The van der Waals surface area contributed by atoms with Crippen molar-refractivity contribution < 1.29 is 18.0 Å². The minimum atomic E-state index is -4.44. The van der Waals surface area contributed by atoms with Crippen molar-refractivity contribution in [2.75, 3.05) is 0 Å². The minimum absolute atomic E-state index is 0.0365. The number of nitrogens with one attached hydrogen (secondary N) is 1. The van der Waals surface area contributed by atoms with Gasteiger partial charge in [-0.05, 0) is 32.4 Å². The third-order valence-electron chi connectivity index (χ3n) is 3.65. The Morgan fingerprint density at radius 3 is 2.58 bits per heavy atom. The van der Waals surface area contributed by atoms with Crippen LogP contribution >= 0.6 is 0 Å². The SMILES string of the molecule is CCCC(C)NC(=O)c1cnn(-c2ccc(C(F)(F)F)cn2)c1C. The van der Waals surface area contributed by atoms with Crippen LogP contribution in [0.1, 0.15) is 48.3 Å². The van der Waals surface area contributed by atoms with Gasteiger partial charge >= 0.3 is 6.18 Å². The third kappa shape index (κ3) is 3.93. The van der Waals surface area contributed by atoms with Crippen molar-refractivity contribution in [2.24, 2.45) is 0 Å². The van der Waals surface area contributed by atoms with E-state index in [4.69, 9.17) is 0 Å². The van der Waals surface area contributed by atoms with E-state index in [2.05, 4.69) is 15.4 Å². The molecule has 0 bridgehead atoms. The van der Waals surface area contributed by atoms with Crippen LogP contribution in [0.25, 0.3) is 5.82 Å². The van der Waals surface area contributed by atoms with E-state index in [1.807, 2.05) is 13.8 Å². The lowest BCUT2D eigenvalue weighted by molar-refractivity contribution is -0.137. The molecule has 0 aliphatic rings. The number of aromatic nitrogens is 3. The molecule has 0 saturated carbocycles. The van der Waals surface area contributed by atoms with Crippen LogP contribution in [0, 0.1) is 6.92 Å². The number of carbonyl (C=O) groups excluding carboxylic acids is 1. The lowest BCUT2D eigenvalue weighted by atomic mass is 10.1. The summed E-state index contributed by atoms with van der Waals surface area (Å²) < 4.78 is 39.1. The molecule has 0 aromatic carbocycles. The molecule has 1 atom stereocenters. The van der Waals surface area contributed by atoms with E-state index in [1.54, 1.807) is 6.92 Å². The van der Waals surface area contributed by atoms with E-state index in [-0.39, 0.29) is 17.8 Å². The van der Waals surface area contributed by atoms with Crippen molar-refractivity contribution in [3.05, 3.63) is 41.3 Å². The van der Waals surface area contributed by atoms with E-state index in [9.17, 15) is 18.0 Å². The van der Waals surface area contributed by atoms with E-state index in [0.29, 0.717) is 11.3 Å². The highest BCUT2D eigenvalue weighted by molar-refractivity contribution is 5.95. The second-order valence-electron chi connectivity index (χ2n) is 5.62. The van der Waals surface area contributed by atoms with E-state index in [0.717, 1.165) is 25.1 Å². The van der Waals surface area contributed by atoms with Crippen LogP contribution in [0.5, 0.6) is 0 Å². The number of hydrogen-bond acceptors (Lipinski definition) is 3. The maximum absolute atomic E-state index is 12.6. The number of amides is 1. The predicted molar refractivity (Wildman–Crippen MR) is 82.9 cm³/mol. The fraction of sp³-hybridized carbons (Fsp3) is 0.438. The lowest BCUT2D eigenvalue weighted by Gasteiger charge is -2.12. The van der Waals surface area contributed by atoms with Gasteiger partial charge in [0, 0.05) is 12.2 Å². The predicted octanol–water partition coefficient (Wildman–Crippen LogP) is 3.51. The summed E-state index contributed by atoms with van der Waals surface area (Å²) in [6.07, 6.45) is -0.484.